The Morgan fingerprint density at radius 1 is 1.19 bits per heavy atom. The molecule has 16 heavy (non-hydrogen) atoms. The molecule has 0 aromatic rings. The summed E-state index contributed by atoms with van der Waals surface area (Å²) in [6.07, 6.45) is 4.16. The number of hydrogen-bond acceptors (Lipinski definition) is 3. The summed E-state index contributed by atoms with van der Waals surface area (Å²) >= 11 is 0. The summed E-state index contributed by atoms with van der Waals surface area (Å²) in [6.45, 7) is 10.5. The molecule has 2 fully saturated rings. The minimum absolute atomic E-state index is 0.590. The Hall–Kier alpha value is -0.120. The third kappa shape index (κ3) is 2.58. The van der Waals surface area contributed by atoms with Crippen molar-refractivity contribution in [2.45, 2.75) is 45.2 Å². The molecule has 0 aliphatic carbocycles. The lowest BCUT2D eigenvalue weighted by molar-refractivity contribution is 0.172. The van der Waals surface area contributed by atoms with Crippen molar-refractivity contribution >= 4 is 0 Å². The molecule has 0 aromatic heterocycles. The first-order valence-corrected chi connectivity index (χ1v) is 6.90. The maximum atomic E-state index is 5.90. The van der Waals surface area contributed by atoms with E-state index in [4.69, 9.17) is 5.73 Å². The van der Waals surface area contributed by atoms with Crippen LogP contribution in [0, 0.1) is 5.92 Å². The van der Waals surface area contributed by atoms with Crippen LogP contribution < -0.4 is 5.73 Å². The molecule has 2 aliphatic heterocycles. The Bertz CT molecular complexity index is 211. The molecule has 0 aromatic carbocycles. The van der Waals surface area contributed by atoms with E-state index in [9.17, 15) is 0 Å². The molecule has 2 aliphatic rings. The van der Waals surface area contributed by atoms with E-state index in [1.807, 2.05) is 0 Å². The second kappa shape index (κ2) is 5.48. The van der Waals surface area contributed by atoms with E-state index in [1.54, 1.807) is 0 Å². The van der Waals surface area contributed by atoms with Gasteiger partial charge in [-0.15, -0.1) is 0 Å². The summed E-state index contributed by atoms with van der Waals surface area (Å²) in [4.78, 5) is 5.31. The zero-order valence-corrected chi connectivity index (χ0v) is 10.9. The zero-order valence-electron chi connectivity index (χ0n) is 10.9. The van der Waals surface area contributed by atoms with Crippen LogP contribution in [0.5, 0.6) is 0 Å². The largest absolute Gasteiger partial charge is 0.329 e. The summed E-state index contributed by atoms with van der Waals surface area (Å²) < 4.78 is 0. The number of hydrogen-bond donors (Lipinski definition) is 1. The summed E-state index contributed by atoms with van der Waals surface area (Å²) in [5.41, 5.74) is 5.90. The monoisotopic (exact) mass is 225 g/mol. The van der Waals surface area contributed by atoms with Crippen LogP contribution in [0.1, 0.15) is 33.1 Å². The normalized spacial score (nSPS) is 30.4. The van der Waals surface area contributed by atoms with Crippen LogP contribution in [-0.2, 0) is 0 Å². The smallest absolute Gasteiger partial charge is 0.0242 e. The maximum absolute atomic E-state index is 5.90. The van der Waals surface area contributed by atoms with Gasteiger partial charge in [-0.1, -0.05) is 13.8 Å². The maximum Gasteiger partial charge on any atom is 0.0242 e. The number of nitrogens with zero attached hydrogens (tertiary/aromatic N) is 2. The molecule has 0 radical (unpaired) electrons. The Labute approximate surface area is 100.0 Å². The minimum Gasteiger partial charge on any atom is -0.329 e. The number of rotatable bonds is 4. The molecule has 2 unspecified atom stereocenters. The fourth-order valence-electron chi connectivity index (χ4n) is 3.32. The van der Waals surface area contributed by atoms with Crippen molar-refractivity contribution < 1.29 is 0 Å². The summed E-state index contributed by atoms with van der Waals surface area (Å²) in [6, 6.07) is 1.41. The second-order valence-electron chi connectivity index (χ2n) is 5.73. The van der Waals surface area contributed by atoms with Crippen molar-refractivity contribution in [2.24, 2.45) is 11.7 Å². The quantitative estimate of drug-likeness (QED) is 0.779. The van der Waals surface area contributed by atoms with Gasteiger partial charge in [0.2, 0.25) is 0 Å². The third-order valence-electron chi connectivity index (χ3n) is 4.33. The first-order valence-electron chi connectivity index (χ1n) is 6.90. The van der Waals surface area contributed by atoms with Crippen LogP contribution in [-0.4, -0.2) is 54.6 Å². The van der Waals surface area contributed by atoms with Gasteiger partial charge in [-0.25, -0.2) is 0 Å². The molecule has 0 saturated carbocycles. The van der Waals surface area contributed by atoms with Crippen molar-refractivity contribution in [3.63, 3.8) is 0 Å². The predicted octanol–water partition coefficient (Wildman–Crippen LogP) is 1.14. The van der Waals surface area contributed by atoms with Gasteiger partial charge in [0.25, 0.3) is 0 Å². The van der Waals surface area contributed by atoms with E-state index in [-0.39, 0.29) is 0 Å². The van der Waals surface area contributed by atoms with Crippen molar-refractivity contribution in [3.05, 3.63) is 0 Å². The predicted molar refractivity (Wildman–Crippen MR) is 68.5 cm³/mol. The average Bonchev–Trinajstić information content (AvgIpc) is 2.86. The lowest BCUT2D eigenvalue weighted by Gasteiger charge is -2.31. The van der Waals surface area contributed by atoms with E-state index < -0.39 is 0 Å². The van der Waals surface area contributed by atoms with E-state index in [2.05, 4.69) is 23.6 Å². The van der Waals surface area contributed by atoms with E-state index in [0.29, 0.717) is 12.0 Å². The van der Waals surface area contributed by atoms with Crippen LogP contribution in [0.25, 0.3) is 0 Å². The average molecular weight is 225 g/mol. The van der Waals surface area contributed by atoms with Gasteiger partial charge in [-0.2, -0.15) is 0 Å². The highest BCUT2D eigenvalue weighted by Crippen LogP contribution is 2.23. The Morgan fingerprint density at radius 2 is 1.88 bits per heavy atom. The fourth-order valence-corrected chi connectivity index (χ4v) is 3.32. The fraction of sp³-hybridized carbons (Fsp3) is 1.00. The van der Waals surface area contributed by atoms with Crippen LogP contribution >= 0.6 is 0 Å². The Morgan fingerprint density at radius 3 is 2.44 bits per heavy atom. The van der Waals surface area contributed by atoms with Crippen molar-refractivity contribution in [1.82, 2.24) is 9.80 Å². The molecule has 0 spiro atoms. The van der Waals surface area contributed by atoms with Gasteiger partial charge in [0.1, 0.15) is 0 Å². The molecule has 2 atom stereocenters. The van der Waals surface area contributed by atoms with Crippen LogP contribution in [0.4, 0.5) is 0 Å². The van der Waals surface area contributed by atoms with Crippen LogP contribution in [0.3, 0.4) is 0 Å². The number of likely N-dealkylation sites (tertiary alicyclic amines) is 2. The van der Waals surface area contributed by atoms with Gasteiger partial charge in [0.05, 0.1) is 0 Å². The van der Waals surface area contributed by atoms with Gasteiger partial charge in [-0.05, 0) is 38.3 Å². The molecular weight excluding hydrogens is 198 g/mol. The van der Waals surface area contributed by atoms with Crippen molar-refractivity contribution in [1.29, 1.82) is 0 Å². The lowest BCUT2D eigenvalue weighted by Crippen LogP contribution is -2.44. The zero-order chi connectivity index (χ0) is 11.5. The lowest BCUT2D eigenvalue weighted by atomic mass is 10.0. The van der Waals surface area contributed by atoms with Crippen LogP contribution in [0.2, 0.25) is 0 Å². The number of nitrogens with two attached hydrogens (primary N) is 1. The van der Waals surface area contributed by atoms with Gasteiger partial charge in [0, 0.05) is 31.7 Å². The first kappa shape index (κ1) is 12.3. The van der Waals surface area contributed by atoms with Crippen LogP contribution in [0.15, 0.2) is 0 Å². The molecule has 2 heterocycles. The Balaban J connectivity index is 1.86. The topological polar surface area (TPSA) is 32.5 Å². The first-order chi connectivity index (χ1) is 7.72. The standard InChI is InChI=1S/C13H27N3/c1-11(2)13(9-14)16-8-5-12(10-16)15-6-3-4-7-15/h11-13H,3-10,14H2,1-2H3. The second-order valence-corrected chi connectivity index (χ2v) is 5.73. The van der Waals surface area contributed by atoms with Gasteiger partial charge in [-0.3, -0.25) is 9.80 Å². The van der Waals surface area contributed by atoms with E-state index in [1.165, 1.54) is 45.4 Å². The third-order valence-corrected chi connectivity index (χ3v) is 4.33. The molecule has 2 rings (SSSR count). The highest BCUT2D eigenvalue weighted by molar-refractivity contribution is 4.89. The van der Waals surface area contributed by atoms with Crippen molar-refractivity contribution in [2.75, 3.05) is 32.7 Å². The Kier molecular flexibility index (Phi) is 4.22. The SMILES string of the molecule is CC(C)C(CN)N1CCC(N2CCCC2)C1. The highest BCUT2D eigenvalue weighted by atomic mass is 15.3. The van der Waals surface area contributed by atoms with Gasteiger partial charge >= 0.3 is 0 Å². The molecule has 3 heteroatoms. The molecule has 94 valence electrons. The van der Waals surface area contributed by atoms with E-state index >= 15 is 0 Å². The highest BCUT2D eigenvalue weighted by Gasteiger charge is 2.32. The molecule has 0 bridgehead atoms. The summed E-state index contributed by atoms with van der Waals surface area (Å²) in [7, 11) is 0. The molecule has 3 nitrogen and oxygen atoms in total. The van der Waals surface area contributed by atoms with Crippen molar-refractivity contribution in [3.8, 4) is 0 Å². The summed E-state index contributed by atoms with van der Waals surface area (Å²) in [5, 5.41) is 0. The molecular formula is C13H27N3. The summed E-state index contributed by atoms with van der Waals surface area (Å²) in [5.74, 6) is 0.683. The molecule has 2 N–H and O–H groups in total. The van der Waals surface area contributed by atoms with Gasteiger partial charge in [0.15, 0.2) is 0 Å². The molecule has 0 amide bonds. The molecule has 2 saturated heterocycles. The van der Waals surface area contributed by atoms with E-state index in [0.717, 1.165) is 12.6 Å². The van der Waals surface area contributed by atoms with Gasteiger partial charge < -0.3 is 5.73 Å². The minimum atomic E-state index is 0.590.